The van der Waals surface area contributed by atoms with E-state index in [4.69, 9.17) is 4.42 Å². The van der Waals surface area contributed by atoms with E-state index in [0.29, 0.717) is 15.2 Å². The number of para-hydroxylation sites is 1. The predicted octanol–water partition coefficient (Wildman–Crippen LogP) is 5.68. The number of rotatable bonds is 4. The van der Waals surface area contributed by atoms with E-state index in [-0.39, 0.29) is 11.3 Å². The van der Waals surface area contributed by atoms with Crippen LogP contribution in [0.1, 0.15) is 56.0 Å². The Morgan fingerprint density at radius 3 is 2.55 bits per heavy atom. The molecule has 2 rings (SSSR count). The molecule has 0 bridgehead atoms. The average molecular weight is 411 g/mol. The van der Waals surface area contributed by atoms with Crippen molar-refractivity contribution < 1.29 is 9.21 Å². The predicted molar refractivity (Wildman–Crippen MR) is 98.3 cm³/mol. The summed E-state index contributed by atoms with van der Waals surface area (Å²) in [5, 5.41) is 3.02. The molecular formula is C18H22INO2. The largest absolute Gasteiger partial charge is 0.458 e. The van der Waals surface area contributed by atoms with E-state index in [1.807, 2.05) is 40.8 Å². The molecule has 1 amide bonds. The number of benzene rings is 1. The van der Waals surface area contributed by atoms with Crippen LogP contribution in [0.25, 0.3) is 0 Å². The molecule has 1 aromatic heterocycles. The molecule has 0 aliphatic rings. The van der Waals surface area contributed by atoms with Gasteiger partial charge in [-0.3, -0.25) is 4.79 Å². The summed E-state index contributed by atoms with van der Waals surface area (Å²) in [6.07, 6.45) is 2.59. The van der Waals surface area contributed by atoms with Crippen molar-refractivity contribution in [1.82, 2.24) is 0 Å². The topological polar surface area (TPSA) is 42.2 Å². The molecule has 118 valence electrons. The van der Waals surface area contributed by atoms with Gasteiger partial charge in [0.05, 0.1) is 11.8 Å². The molecule has 0 radical (unpaired) electrons. The molecule has 1 heterocycles. The van der Waals surface area contributed by atoms with Gasteiger partial charge in [0, 0.05) is 28.3 Å². The van der Waals surface area contributed by atoms with E-state index >= 15 is 0 Å². The lowest BCUT2D eigenvalue weighted by molar-refractivity contribution is 0.102. The van der Waals surface area contributed by atoms with Gasteiger partial charge in [0.2, 0.25) is 0 Å². The highest BCUT2D eigenvalue weighted by atomic mass is 127. The van der Waals surface area contributed by atoms with E-state index in [0.717, 1.165) is 12.1 Å². The smallest absolute Gasteiger partial charge is 0.260 e. The second-order valence-electron chi connectivity index (χ2n) is 6.82. The fourth-order valence-electron chi connectivity index (χ4n) is 2.71. The van der Waals surface area contributed by atoms with Crippen LogP contribution in [-0.2, 0) is 0 Å². The third-order valence-electron chi connectivity index (χ3n) is 3.52. The first-order valence-electron chi connectivity index (χ1n) is 7.41. The lowest BCUT2D eigenvalue weighted by Gasteiger charge is -2.25. The molecule has 3 nitrogen and oxygen atoms in total. The first kappa shape index (κ1) is 17.1. The molecule has 1 unspecified atom stereocenters. The molecule has 1 atom stereocenters. The summed E-state index contributed by atoms with van der Waals surface area (Å²) in [6, 6.07) is 9.71. The second kappa shape index (κ2) is 6.86. The maximum atomic E-state index is 12.4. The normalized spacial score (nSPS) is 13.0. The molecule has 0 fully saturated rings. The molecule has 2 aromatic rings. The van der Waals surface area contributed by atoms with Gasteiger partial charge in [0.1, 0.15) is 0 Å². The van der Waals surface area contributed by atoms with Crippen molar-refractivity contribution in [3.05, 3.63) is 51.5 Å². The average Bonchev–Trinajstić information content (AvgIpc) is 2.83. The van der Waals surface area contributed by atoms with Gasteiger partial charge in [-0.05, 0) is 35.4 Å². The minimum absolute atomic E-state index is 0.131. The number of anilines is 1. The van der Waals surface area contributed by atoms with Gasteiger partial charge >= 0.3 is 0 Å². The fourth-order valence-corrected chi connectivity index (χ4v) is 3.29. The summed E-state index contributed by atoms with van der Waals surface area (Å²) in [4.78, 5) is 12.4. The maximum Gasteiger partial charge on any atom is 0.260 e. The van der Waals surface area contributed by atoms with Crippen LogP contribution in [-0.4, -0.2) is 5.91 Å². The lowest BCUT2D eigenvalue weighted by atomic mass is 9.82. The SMILES string of the molecule is CC(CC(C)(C)C)c1ccccc1NC(=O)c1ccoc1I. The summed E-state index contributed by atoms with van der Waals surface area (Å²) in [5.74, 6) is 0.244. The number of carbonyl (C=O) groups excluding carboxylic acids is 1. The fraction of sp³-hybridized carbons (Fsp3) is 0.389. The number of carbonyl (C=O) groups is 1. The van der Waals surface area contributed by atoms with Crippen molar-refractivity contribution >= 4 is 34.2 Å². The van der Waals surface area contributed by atoms with Crippen molar-refractivity contribution in [2.24, 2.45) is 5.41 Å². The van der Waals surface area contributed by atoms with Crippen LogP contribution in [0.15, 0.2) is 41.0 Å². The molecule has 0 spiro atoms. The van der Waals surface area contributed by atoms with Gasteiger partial charge < -0.3 is 9.73 Å². The van der Waals surface area contributed by atoms with Gasteiger partial charge in [-0.15, -0.1) is 0 Å². The van der Waals surface area contributed by atoms with E-state index in [1.54, 1.807) is 6.07 Å². The Balaban J connectivity index is 2.22. The summed E-state index contributed by atoms with van der Waals surface area (Å²) in [7, 11) is 0. The van der Waals surface area contributed by atoms with Crippen LogP contribution in [0.4, 0.5) is 5.69 Å². The van der Waals surface area contributed by atoms with Gasteiger partial charge in [-0.25, -0.2) is 0 Å². The maximum absolute atomic E-state index is 12.4. The Bertz CT molecular complexity index is 655. The second-order valence-corrected chi connectivity index (χ2v) is 7.79. The Morgan fingerprint density at radius 2 is 1.95 bits per heavy atom. The Labute approximate surface area is 145 Å². The van der Waals surface area contributed by atoms with Crippen LogP contribution < -0.4 is 5.32 Å². The molecule has 22 heavy (non-hydrogen) atoms. The van der Waals surface area contributed by atoms with Crippen molar-refractivity contribution in [2.45, 2.75) is 40.0 Å². The summed E-state index contributed by atoms with van der Waals surface area (Å²) < 4.78 is 5.80. The summed E-state index contributed by atoms with van der Waals surface area (Å²) in [6.45, 7) is 8.91. The highest BCUT2D eigenvalue weighted by molar-refractivity contribution is 14.1. The minimum Gasteiger partial charge on any atom is -0.458 e. The van der Waals surface area contributed by atoms with Crippen LogP contribution >= 0.6 is 22.6 Å². The van der Waals surface area contributed by atoms with Crippen molar-refractivity contribution in [2.75, 3.05) is 5.32 Å². The summed E-state index contributed by atoms with van der Waals surface area (Å²) in [5.41, 5.74) is 2.86. The number of furan rings is 1. The van der Waals surface area contributed by atoms with Crippen LogP contribution in [0.5, 0.6) is 0 Å². The molecule has 0 saturated heterocycles. The number of hydrogen-bond acceptors (Lipinski definition) is 2. The molecule has 1 N–H and O–H groups in total. The minimum atomic E-state index is -0.131. The molecule has 0 aliphatic carbocycles. The Hall–Kier alpha value is -1.30. The van der Waals surface area contributed by atoms with Crippen LogP contribution in [0, 0.1) is 9.18 Å². The number of amides is 1. The quantitative estimate of drug-likeness (QED) is 0.659. The van der Waals surface area contributed by atoms with Gasteiger partial charge in [-0.2, -0.15) is 0 Å². The van der Waals surface area contributed by atoms with E-state index < -0.39 is 0 Å². The zero-order chi connectivity index (χ0) is 16.3. The van der Waals surface area contributed by atoms with Gasteiger partial charge in [0.15, 0.2) is 3.77 Å². The zero-order valence-corrected chi connectivity index (χ0v) is 15.6. The zero-order valence-electron chi connectivity index (χ0n) is 13.4. The monoisotopic (exact) mass is 411 g/mol. The Kier molecular flexibility index (Phi) is 5.32. The first-order chi connectivity index (χ1) is 10.3. The van der Waals surface area contributed by atoms with Gasteiger partial charge in [-0.1, -0.05) is 45.9 Å². The van der Waals surface area contributed by atoms with Crippen LogP contribution in [0.3, 0.4) is 0 Å². The molecule has 4 heteroatoms. The third-order valence-corrected chi connectivity index (χ3v) is 4.36. The first-order valence-corrected chi connectivity index (χ1v) is 8.49. The Morgan fingerprint density at radius 1 is 1.27 bits per heavy atom. The van der Waals surface area contributed by atoms with Gasteiger partial charge in [0.25, 0.3) is 5.91 Å². The van der Waals surface area contributed by atoms with E-state index in [9.17, 15) is 4.79 Å². The van der Waals surface area contributed by atoms with Crippen molar-refractivity contribution in [3.63, 3.8) is 0 Å². The molecule has 0 saturated carbocycles. The van der Waals surface area contributed by atoms with Crippen LogP contribution in [0.2, 0.25) is 0 Å². The van der Waals surface area contributed by atoms with Crippen molar-refractivity contribution in [1.29, 1.82) is 0 Å². The van der Waals surface area contributed by atoms with E-state index in [1.165, 1.54) is 11.8 Å². The highest BCUT2D eigenvalue weighted by Crippen LogP contribution is 2.34. The summed E-state index contributed by atoms with van der Waals surface area (Å²) >= 11 is 2.03. The third kappa shape index (κ3) is 4.35. The standard InChI is InChI=1S/C18H22INO2/c1-12(11-18(2,3)4)13-7-5-6-8-15(13)20-17(21)14-9-10-22-16(14)19/h5-10,12H,11H2,1-4H3,(H,20,21). The number of halogens is 1. The molecule has 1 aromatic carbocycles. The lowest BCUT2D eigenvalue weighted by Crippen LogP contribution is -2.16. The number of nitrogens with one attached hydrogen (secondary N) is 1. The van der Waals surface area contributed by atoms with E-state index in [2.05, 4.69) is 39.1 Å². The molecular weight excluding hydrogens is 389 g/mol. The van der Waals surface area contributed by atoms with Crippen molar-refractivity contribution in [3.8, 4) is 0 Å². The highest BCUT2D eigenvalue weighted by Gasteiger charge is 2.20. The number of hydrogen-bond donors (Lipinski definition) is 1. The molecule has 0 aliphatic heterocycles.